The molecule has 10 aromatic rings. The zero-order valence-corrected chi connectivity index (χ0v) is 24.9. The molecule has 10 rings (SSSR count). The number of imidazole rings is 1. The second-order valence-electron chi connectivity index (χ2n) is 12.0. The highest BCUT2D eigenvalue weighted by atomic mass is 15.1. The van der Waals surface area contributed by atoms with Gasteiger partial charge in [-0.05, 0) is 81.2 Å². The predicted molar refractivity (Wildman–Crippen MR) is 192 cm³/mol. The molecule has 0 saturated carbocycles. The van der Waals surface area contributed by atoms with E-state index in [1.807, 2.05) is 6.07 Å². The Morgan fingerprint density at radius 1 is 0.391 bits per heavy atom. The fourth-order valence-electron chi connectivity index (χ4n) is 7.39. The van der Waals surface area contributed by atoms with Crippen molar-refractivity contribution >= 4 is 54.4 Å². The Hall–Kier alpha value is -6.19. The second-order valence-corrected chi connectivity index (χ2v) is 12.0. The van der Waals surface area contributed by atoms with Crippen molar-refractivity contribution in [3.63, 3.8) is 0 Å². The Bertz CT molecular complexity index is 2730. The van der Waals surface area contributed by atoms with Gasteiger partial charge < -0.3 is 4.57 Å². The summed E-state index contributed by atoms with van der Waals surface area (Å²) in [7, 11) is 0. The first-order valence-electron chi connectivity index (χ1n) is 15.7. The number of aromatic nitrogens is 3. The first kappa shape index (κ1) is 25.2. The van der Waals surface area contributed by atoms with Gasteiger partial charge in [-0.25, -0.2) is 4.98 Å². The van der Waals surface area contributed by atoms with Gasteiger partial charge in [0.25, 0.3) is 0 Å². The fourth-order valence-corrected chi connectivity index (χ4v) is 7.39. The highest BCUT2D eigenvalue weighted by molar-refractivity contribution is 6.26. The summed E-state index contributed by atoms with van der Waals surface area (Å²) in [4.78, 5) is 5.03. The van der Waals surface area contributed by atoms with Gasteiger partial charge in [0.15, 0.2) is 0 Å². The molecule has 3 nitrogen and oxygen atoms in total. The summed E-state index contributed by atoms with van der Waals surface area (Å²) >= 11 is 0. The van der Waals surface area contributed by atoms with Gasteiger partial charge in [0.05, 0.1) is 22.1 Å². The monoisotopic (exact) mass is 585 g/mol. The maximum Gasteiger partial charge on any atom is 0.145 e. The lowest BCUT2D eigenvalue weighted by Gasteiger charge is -2.13. The van der Waals surface area contributed by atoms with Crippen LogP contribution in [0.15, 0.2) is 164 Å². The quantitative estimate of drug-likeness (QED) is 0.188. The second kappa shape index (κ2) is 9.65. The van der Waals surface area contributed by atoms with E-state index < -0.39 is 0 Å². The van der Waals surface area contributed by atoms with Gasteiger partial charge in [-0.1, -0.05) is 115 Å². The molecule has 0 amide bonds. The molecular weight excluding hydrogens is 558 g/mol. The minimum absolute atomic E-state index is 0.947. The van der Waals surface area contributed by atoms with Gasteiger partial charge >= 0.3 is 0 Å². The molecule has 0 atom stereocenters. The van der Waals surface area contributed by atoms with Crippen LogP contribution in [0.5, 0.6) is 0 Å². The largest absolute Gasteiger partial charge is 0.309 e. The van der Waals surface area contributed by atoms with Gasteiger partial charge in [-0.3, -0.25) is 4.57 Å². The van der Waals surface area contributed by atoms with E-state index in [9.17, 15) is 0 Å². The molecule has 0 bridgehead atoms. The number of hydrogen-bond acceptors (Lipinski definition) is 1. The Morgan fingerprint density at radius 2 is 1.09 bits per heavy atom. The van der Waals surface area contributed by atoms with Crippen LogP contribution in [0.1, 0.15) is 0 Å². The zero-order chi connectivity index (χ0) is 30.2. The van der Waals surface area contributed by atoms with E-state index in [0.29, 0.717) is 0 Å². The average Bonchev–Trinajstić information content (AvgIpc) is 3.68. The molecule has 214 valence electrons. The van der Waals surface area contributed by atoms with Crippen molar-refractivity contribution in [3.8, 4) is 33.9 Å². The van der Waals surface area contributed by atoms with E-state index in [4.69, 9.17) is 4.98 Å². The molecule has 0 aliphatic heterocycles. The standard InChI is InChI=1S/C43H27N3/c1-2-10-31(11-3-1)43-44-37-14-6-7-15-38(37)46(43)33-21-18-29(19-22-33)35-25-26-40-42-36(35)24-20-30-13-8-16-39(41(30)42)45(40)34-23-17-28-9-4-5-12-32(28)27-34/h1-27H. The molecule has 0 spiro atoms. The molecule has 0 fully saturated rings. The van der Waals surface area contributed by atoms with Crippen molar-refractivity contribution in [2.45, 2.75) is 0 Å². The number of rotatable bonds is 4. The van der Waals surface area contributed by atoms with E-state index >= 15 is 0 Å². The van der Waals surface area contributed by atoms with Crippen molar-refractivity contribution in [3.05, 3.63) is 164 Å². The summed E-state index contributed by atoms with van der Waals surface area (Å²) in [6.45, 7) is 0. The molecule has 0 radical (unpaired) electrons. The zero-order valence-electron chi connectivity index (χ0n) is 24.9. The summed E-state index contributed by atoms with van der Waals surface area (Å²) < 4.78 is 4.70. The summed E-state index contributed by atoms with van der Waals surface area (Å²) in [5.74, 6) is 0.947. The predicted octanol–water partition coefficient (Wildman–Crippen LogP) is 11.2. The highest BCUT2D eigenvalue weighted by Crippen LogP contribution is 2.43. The van der Waals surface area contributed by atoms with Crippen molar-refractivity contribution in [1.82, 2.24) is 14.1 Å². The normalized spacial score (nSPS) is 11.9. The van der Waals surface area contributed by atoms with E-state index in [-0.39, 0.29) is 0 Å². The topological polar surface area (TPSA) is 22.8 Å². The van der Waals surface area contributed by atoms with Crippen LogP contribution >= 0.6 is 0 Å². The Kier molecular flexibility index (Phi) is 5.28. The third-order valence-electron chi connectivity index (χ3n) is 9.48. The first-order chi connectivity index (χ1) is 22.8. The third-order valence-corrected chi connectivity index (χ3v) is 9.48. The Balaban J connectivity index is 1.15. The average molecular weight is 586 g/mol. The molecule has 46 heavy (non-hydrogen) atoms. The molecule has 0 unspecified atom stereocenters. The van der Waals surface area contributed by atoms with Crippen LogP contribution in [0.4, 0.5) is 0 Å². The fraction of sp³-hybridized carbons (Fsp3) is 0. The van der Waals surface area contributed by atoms with Gasteiger partial charge in [0.1, 0.15) is 5.82 Å². The van der Waals surface area contributed by atoms with E-state index in [0.717, 1.165) is 28.1 Å². The molecule has 0 N–H and O–H groups in total. The summed E-state index contributed by atoms with van der Waals surface area (Å²) in [5, 5.41) is 7.67. The molecule has 0 aliphatic carbocycles. The summed E-state index contributed by atoms with van der Waals surface area (Å²) in [6.07, 6.45) is 0. The van der Waals surface area contributed by atoms with Gasteiger partial charge in [-0.2, -0.15) is 0 Å². The van der Waals surface area contributed by atoms with Gasteiger partial charge in [-0.15, -0.1) is 0 Å². The van der Waals surface area contributed by atoms with Crippen LogP contribution in [-0.4, -0.2) is 14.1 Å². The number of fused-ring (bicyclic) bond motifs is 2. The maximum absolute atomic E-state index is 5.03. The number of nitrogens with zero attached hydrogens (tertiary/aromatic N) is 3. The molecule has 2 aromatic heterocycles. The van der Waals surface area contributed by atoms with Gasteiger partial charge in [0, 0.05) is 27.7 Å². The lowest BCUT2D eigenvalue weighted by Crippen LogP contribution is -1.97. The van der Waals surface area contributed by atoms with Crippen LogP contribution in [0.2, 0.25) is 0 Å². The lowest BCUT2D eigenvalue weighted by atomic mass is 9.94. The highest BCUT2D eigenvalue weighted by Gasteiger charge is 2.19. The van der Waals surface area contributed by atoms with Crippen LogP contribution in [0, 0.1) is 0 Å². The SMILES string of the molecule is c1ccc(-c2nc3ccccc3n2-c2ccc(-c3ccc4c5c3ccc3cccc(c35)n4-c3ccc4ccccc4c3)cc2)cc1. The Morgan fingerprint density at radius 3 is 1.98 bits per heavy atom. The number of benzene rings is 8. The molecular formula is C43H27N3. The molecule has 8 aromatic carbocycles. The van der Waals surface area contributed by atoms with Crippen molar-refractivity contribution in [1.29, 1.82) is 0 Å². The molecule has 0 saturated heterocycles. The van der Waals surface area contributed by atoms with Gasteiger partial charge in [0.2, 0.25) is 0 Å². The third kappa shape index (κ3) is 3.63. The number of para-hydroxylation sites is 2. The molecule has 3 heteroatoms. The Labute approximate surface area is 265 Å². The molecule has 0 aliphatic rings. The minimum Gasteiger partial charge on any atom is -0.309 e. The maximum atomic E-state index is 5.03. The van der Waals surface area contributed by atoms with Crippen molar-refractivity contribution in [2.24, 2.45) is 0 Å². The minimum atomic E-state index is 0.947. The van der Waals surface area contributed by atoms with Crippen LogP contribution in [0.3, 0.4) is 0 Å². The van der Waals surface area contributed by atoms with Crippen molar-refractivity contribution in [2.75, 3.05) is 0 Å². The summed E-state index contributed by atoms with van der Waals surface area (Å²) in [5.41, 5.74) is 10.4. The van der Waals surface area contributed by atoms with E-state index in [1.54, 1.807) is 0 Å². The first-order valence-corrected chi connectivity index (χ1v) is 15.7. The number of hydrogen-bond donors (Lipinski definition) is 0. The van der Waals surface area contributed by atoms with Crippen LogP contribution in [-0.2, 0) is 0 Å². The lowest BCUT2D eigenvalue weighted by molar-refractivity contribution is 1.10. The van der Waals surface area contributed by atoms with Crippen LogP contribution in [0.25, 0.3) is 88.3 Å². The van der Waals surface area contributed by atoms with Crippen LogP contribution < -0.4 is 0 Å². The summed E-state index contributed by atoms with van der Waals surface area (Å²) in [6, 6.07) is 59.0. The smallest absolute Gasteiger partial charge is 0.145 e. The van der Waals surface area contributed by atoms with Crippen molar-refractivity contribution < 1.29 is 0 Å². The molecule has 2 heterocycles. The van der Waals surface area contributed by atoms with E-state index in [1.165, 1.54) is 60.2 Å². The van der Waals surface area contributed by atoms with E-state index in [2.05, 4.69) is 167 Å².